The van der Waals surface area contributed by atoms with Crippen LogP contribution in [0.4, 0.5) is 0 Å². The van der Waals surface area contributed by atoms with Crippen LogP contribution in [0.5, 0.6) is 11.5 Å². The first kappa shape index (κ1) is 27.3. The number of halogens is 3. The number of hydrogen-bond acceptors (Lipinski definition) is 8. The quantitative estimate of drug-likeness (QED) is 0.409. The molecule has 2 aromatic carbocycles. The van der Waals surface area contributed by atoms with Crippen molar-refractivity contribution in [1.82, 2.24) is 4.90 Å². The Morgan fingerprint density at radius 1 is 0.941 bits per heavy atom. The molecule has 8 nitrogen and oxygen atoms in total. The molecule has 0 amide bonds. The van der Waals surface area contributed by atoms with E-state index in [0.29, 0.717) is 25.5 Å². The molecule has 0 saturated carbocycles. The van der Waals surface area contributed by atoms with Crippen molar-refractivity contribution >= 4 is 44.6 Å². The van der Waals surface area contributed by atoms with Gasteiger partial charge in [-0.05, 0) is 36.4 Å². The predicted molar refractivity (Wildman–Crippen MR) is 129 cm³/mol. The van der Waals surface area contributed by atoms with Gasteiger partial charge in [0, 0.05) is 19.6 Å². The van der Waals surface area contributed by atoms with Gasteiger partial charge >= 0.3 is 0 Å². The molecular formula is C22H26Cl3NO7S. The minimum atomic E-state index is -3.92. The van der Waals surface area contributed by atoms with Gasteiger partial charge in [0.25, 0.3) is 0 Å². The third-order valence-corrected chi connectivity index (χ3v) is 7.70. The van der Waals surface area contributed by atoms with E-state index in [1.54, 1.807) is 0 Å². The number of morpholine rings is 1. The van der Waals surface area contributed by atoms with Crippen molar-refractivity contribution in [3.05, 3.63) is 46.4 Å². The second kappa shape index (κ2) is 12.6. The number of hydrogen-bond donors (Lipinski definition) is 2. The van der Waals surface area contributed by atoms with Gasteiger partial charge in [0.05, 0.1) is 38.9 Å². The topological polar surface area (TPSA) is 106 Å². The highest BCUT2D eigenvalue weighted by Gasteiger charge is 2.22. The number of nitrogens with zero attached hydrogens (tertiary/aromatic N) is 1. The summed E-state index contributed by atoms with van der Waals surface area (Å²) in [6, 6.07) is 8.31. The summed E-state index contributed by atoms with van der Waals surface area (Å²) in [7, 11) is -3.92. The summed E-state index contributed by atoms with van der Waals surface area (Å²) in [6.45, 7) is 3.23. The van der Waals surface area contributed by atoms with E-state index in [0.717, 1.165) is 13.1 Å². The molecule has 0 aliphatic carbocycles. The first-order valence-electron chi connectivity index (χ1n) is 10.5. The number of benzene rings is 2. The third-order valence-electron chi connectivity index (χ3n) is 5.03. The molecule has 2 unspecified atom stereocenters. The standard InChI is InChI=1S/C22H26Cl3NO7S/c23-11-15(27)13-33-22-20(24)9-19(10-21(22)25)34(29,30)18-3-1-17(2-4-18)32-14-16(28)12-26-5-7-31-8-6-26/h1-4,9-10,15-16,27-28H,5-8,11-14H2. The Labute approximate surface area is 213 Å². The van der Waals surface area contributed by atoms with Gasteiger partial charge in [0.15, 0.2) is 5.75 Å². The molecule has 3 rings (SSSR count). The molecule has 188 valence electrons. The second-order valence-electron chi connectivity index (χ2n) is 7.69. The number of rotatable bonds is 11. The molecule has 0 bridgehead atoms. The van der Waals surface area contributed by atoms with Crippen molar-refractivity contribution in [3.63, 3.8) is 0 Å². The van der Waals surface area contributed by atoms with Gasteiger partial charge in [-0.1, -0.05) is 23.2 Å². The highest BCUT2D eigenvalue weighted by Crippen LogP contribution is 2.37. The summed E-state index contributed by atoms with van der Waals surface area (Å²) < 4.78 is 42.3. The van der Waals surface area contributed by atoms with Gasteiger partial charge < -0.3 is 24.4 Å². The summed E-state index contributed by atoms with van der Waals surface area (Å²) in [5, 5.41) is 19.7. The van der Waals surface area contributed by atoms with Crippen molar-refractivity contribution in [2.75, 3.05) is 51.9 Å². The lowest BCUT2D eigenvalue weighted by atomic mass is 10.3. The highest BCUT2D eigenvalue weighted by atomic mass is 35.5. The number of ether oxygens (including phenoxy) is 3. The zero-order chi connectivity index (χ0) is 24.7. The molecule has 34 heavy (non-hydrogen) atoms. The van der Waals surface area contributed by atoms with Crippen molar-refractivity contribution < 1.29 is 32.8 Å². The SMILES string of the molecule is O=S(=O)(c1ccc(OCC(O)CN2CCOCC2)cc1)c1cc(Cl)c(OCC(O)CCl)c(Cl)c1. The maximum absolute atomic E-state index is 13.0. The second-order valence-corrected chi connectivity index (χ2v) is 10.8. The highest BCUT2D eigenvalue weighted by molar-refractivity contribution is 7.91. The fraction of sp³-hybridized carbons (Fsp3) is 0.455. The smallest absolute Gasteiger partial charge is 0.206 e. The molecule has 1 saturated heterocycles. The van der Waals surface area contributed by atoms with Gasteiger partial charge in [-0.2, -0.15) is 0 Å². The largest absolute Gasteiger partial charge is 0.491 e. The zero-order valence-corrected chi connectivity index (χ0v) is 21.3. The van der Waals surface area contributed by atoms with Crippen LogP contribution in [0.25, 0.3) is 0 Å². The van der Waals surface area contributed by atoms with E-state index in [1.807, 2.05) is 0 Å². The summed E-state index contributed by atoms with van der Waals surface area (Å²) >= 11 is 17.9. The molecule has 1 fully saturated rings. The maximum atomic E-state index is 13.0. The zero-order valence-electron chi connectivity index (χ0n) is 18.2. The van der Waals surface area contributed by atoms with Crippen LogP contribution in [0.1, 0.15) is 0 Å². The van der Waals surface area contributed by atoms with Gasteiger partial charge in [-0.3, -0.25) is 4.90 Å². The summed E-state index contributed by atoms with van der Waals surface area (Å²) in [5.41, 5.74) is 0. The van der Waals surface area contributed by atoms with Crippen LogP contribution < -0.4 is 9.47 Å². The van der Waals surface area contributed by atoms with Gasteiger partial charge in [0.1, 0.15) is 31.2 Å². The minimum absolute atomic E-state index is 0.0120. The molecule has 2 N–H and O–H groups in total. The van der Waals surface area contributed by atoms with Gasteiger partial charge in [-0.25, -0.2) is 8.42 Å². The number of sulfone groups is 1. The number of β-amino-alcohol motifs (C(OH)–C–C–N with tert-alkyl or cyclic N) is 1. The van der Waals surface area contributed by atoms with Crippen LogP contribution >= 0.6 is 34.8 Å². The van der Waals surface area contributed by atoms with Crippen LogP contribution in [-0.2, 0) is 14.6 Å². The Morgan fingerprint density at radius 3 is 2.12 bits per heavy atom. The molecule has 2 aromatic rings. The van der Waals surface area contributed by atoms with Crippen LogP contribution in [0, 0.1) is 0 Å². The molecule has 1 heterocycles. The summed E-state index contributed by atoms with van der Waals surface area (Å²) in [6.07, 6.45) is -1.60. The Bertz CT molecular complexity index is 1020. The molecular weight excluding hydrogens is 529 g/mol. The van der Waals surface area contributed by atoms with Crippen LogP contribution in [0.3, 0.4) is 0 Å². The van der Waals surface area contributed by atoms with Crippen molar-refractivity contribution in [2.45, 2.75) is 22.0 Å². The number of alkyl halides is 1. The molecule has 0 spiro atoms. The monoisotopic (exact) mass is 553 g/mol. The van der Waals surface area contributed by atoms with E-state index in [1.165, 1.54) is 36.4 Å². The van der Waals surface area contributed by atoms with Crippen molar-refractivity contribution in [2.24, 2.45) is 0 Å². The van der Waals surface area contributed by atoms with Crippen molar-refractivity contribution in [1.29, 1.82) is 0 Å². The van der Waals surface area contributed by atoms with E-state index < -0.39 is 22.0 Å². The van der Waals surface area contributed by atoms with E-state index in [2.05, 4.69) is 4.90 Å². The normalized spacial score (nSPS) is 16.7. The molecule has 0 aromatic heterocycles. The lowest BCUT2D eigenvalue weighted by Crippen LogP contribution is -2.42. The fourth-order valence-corrected chi connectivity index (χ4v) is 5.36. The van der Waals surface area contributed by atoms with Gasteiger partial charge in [-0.15, -0.1) is 11.6 Å². The average Bonchev–Trinajstić information content (AvgIpc) is 2.82. The lowest BCUT2D eigenvalue weighted by Gasteiger charge is -2.28. The minimum Gasteiger partial charge on any atom is -0.491 e. The summed E-state index contributed by atoms with van der Waals surface area (Å²) in [4.78, 5) is 2.01. The Morgan fingerprint density at radius 2 is 1.53 bits per heavy atom. The van der Waals surface area contributed by atoms with Crippen LogP contribution in [-0.4, -0.2) is 87.7 Å². The molecule has 12 heteroatoms. The molecule has 2 atom stereocenters. The first-order valence-corrected chi connectivity index (χ1v) is 13.3. The fourth-order valence-electron chi connectivity index (χ4n) is 3.23. The predicted octanol–water partition coefficient (Wildman–Crippen LogP) is 2.88. The number of aliphatic hydroxyl groups excluding tert-OH is 2. The Kier molecular flexibility index (Phi) is 10.1. The Balaban J connectivity index is 1.63. The van der Waals surface area contributed by atoms with E-state index in [4.69, 9.17) is 49.0 Å². The van der Waals surface area contributed by atoms with Gasteiger partial charge in [0.2, 0.25) is 9.84 Å². The van der Waals surface area contributed by atoms with E-state index >= 15 is 0 Å². The van der Waals surface area contributed by atoms with E-state index in [-0.39, 0.29) is 44.7 Å². The third kappa shape index (κ3) is 7.35. The lowest BCUT2D eigenvalue weighted by molar-refractivity contribution is 0.00465. The molecule has 1 aliphatic rings. The Hall–Kier alpha value is -1.30. The number of aliphatic hydroxyl groups is 2. The van der Waals surface area contributed by atoms with E-state index in [9.17, 15) is 18.6 Å². The maximum Gasteiger partial charge on any atom is 0.206 e. The van der Waals surface area contributed by atoms with Crippen molar-refractivity contribution in [3.8, 4) is 11.5 Å². The first-order chi connectivity index (χ1) is 16.2. The van der Waals surface area contributed by atoms with Crippen LogP contribution in [0.2, 0.25) is 10.0 Å². The summed E-state index contributed by atoms with van der Waals surface area (Å²) in [5.74, 6) is 0.456. The average molecular weight is 555 g/mol. The molecule has 1 aliphatic heterocycles. The molecule has 0 radical (unpaired) electrons. The van der Waals surface area contributed by atoms with Crippen LogP contribution in [0.15, 0.2) is 46.2 Å².